The van der Waals surface area contributed by atoms with Crippen LogP contribution in [0.5, 0.6) is 11.5 Å². The molecule has 3 aromatic rings. The number of aromatic amines is 1. The van der Waals surface area contributed by atoms with E-state index in [1.165, 1.54) is 4.31 Å². The van der Waals surface area contributed by atoms with Crippen molar-refractivity contribution in [2.45, 2.75) is 17.7 Å². The molecule has 5 rings (SSSR count). The number of H-pyrrole nitrogens is 1. The van der Waals surface area contributed by atoms with Crippen LogP contribution in [0.25, 0.3) is 16.6 Å². The average Bonchev–Trinajstić information content (AvgIpc) is 3.04. The number of nitrogens with one attached hydrogen (secondary N) is 1. The summed E-state index contributed by atoms with van der Waals surface area (Å²) in [6.45, 7) is 1.85. The average molecular weight is 411 g/mol. The van der Waals surface area contributed by atoms with E-state index in [2.05, 4.69) is 9.97 Å². The number of hydrogen-bond acceptors (Lipinski definition) is 5. The number of aromatic nitrogens is 2. The molecule has 7 nitrogen and oxygen atoms in total. The Labute approximate surface area is 169 Å². The summed E-state index contributed by atoms with van der Waals surface area (Å²) in [6, 6.07) is 8.77. The van der Waals surface area contributed by atoms with Crippen molar-refractivity contribution >= 4 is 26.6 Å². The molecule has 0 saturated carbocycles. The number of benzene rings is 1. The van der Waals surface area contributed by atoms with Crippen LogP contribution in [0.3, 0.4) is 0 Å². The second-order valence-electron chi connectivity index (χ2n) is 7.10. The van der Waals surface area contributed by atoms with Crippen LogP contribution < -0.4 is 9.47 Å². The standard InChI is InChI=1S/C21H21N3O4S/c25-29(26,16-4-5-19-20(13-16)28-12-2-11-27-19)24-9-6-15(7-10-24)18-14-23-21-17(18)3-1-8-22-21/h1,3-6,8,13-14H,2,7,9-12H2,(H,22,23). The van der Waals surface area contributed by atoms with Gasteiger partial charge in [-0.05, 0) is 36.3 Å². The van der Waals surface area contributed by atoms with Crippen molar-refractivity contribution in [3.05, 3.63) is 54.4 Å². The molecule has 4 heterocycles. The molecule has 0 saturated heterocycles. The highest BCUT2D eigenvalue weighted by atomic mass is 32.2. The molecule has 2 aromatic heterocycles. The topological polar surface area (TPSA) is 84.5 Å². The first-order valence-corrected chi connectivity index (χ1v) is 11.1. The summed E-state index contributed by atoms with van der Waals surface area (Å²) < 4.78 is 39.1. The molecular formula is C21H21N3O4S. The van der Waals surface area contributed by atoms with Crippen molar-refractivity contribution in [3.8, 4) is 11.5 Å². The Morgan fingerprint density at radius 2 is 1.97 bits per heavy atom. The van der Waals surface area contributed by atoms with Crippen LogP contribution in [-0.4, -0.2) is 49.0 Å². The second kappa shape index (κ2) is 7.20. The fraction of sp³-hybridized carbons (Fsp3) is 0.286. The number of nitrogens with zero attached hydrogens (tertiary/aromatic N) is 2. The van der Waals surface area contributed by atoms with Gasteiger partial charge in [0, 0.05) is 48.9 Å². The van der Waals surface area contributed by atoms with E-state index in [4.69, 9.17) is 9.47 Å². The predicted molar refractivity (Wildman–Crippen MR) is 109 cm³/mol. The van der Waals surface area contributed by atoms with Gasteiger partial charge in [-0.3, -0.25) is 0 Å². The number of rotatable bonds is 3. The van der Waals surface area contributed by atoms with Crippen molar-refractivity contribution in [2.24, 2.45) is 0 Å². The highest BCUT2D eigenvalue weighted by molar-refractivity contribution is 7.89. The van der Waals surface area contributed by atoms with E-state index in [1.54, 1.807) is 24.4 Å². The Bertz CT molecular complexity index is 1200. The molecule has 0 spiro atoms. The number of hydrogen-bond donors (Lipinski definition) is 1. The van der Waals surface area contributed by atoms with Gasteiger partial charge < -0.3 is 14.5 Å². The zero-order valence-corrected chi connectivity index (χ0v) is 16.6. The van der Waals surface area contributed by atoms with Crippen molar-refractivity contribution in [3.63, 3.8) is 0 Å². The van der Waals surface area contributed by atoms with Crippen LogP contribution in [0.2, 0.25) is 0 Å². The molecule has 0 amide bonds. The lowest BCUT2D eigenvalue weighted by atomic mass is 10.0. The third kappa shape index (κ3) is 3.28. The largest absolute Gasteiger partial charge is 0.490 e. The molecule has 0 unspecified atom stereocenters. The van der Waals surface area contributed by atoms with Gasteiger partial charge in [-0.25, -0.2) is 13.4 Å². The summed E-state index contributed by atoms with van der Waals surface area (Å²) in [5.74, 6) is 1.08. The minimum atomic E-state index is -3.61. The fourth-order valence-corrected chi connectivity index (χ4v) is 5.18. The van der Waals surface area contributed by atoms with Crippen LogP contribution in [0.15, 0.2) is 53.7 Å². The molecule has 2 aliphatic rings. The van der Waals surface area contributed by atoms with Crippen molar-refractivity contribution in [1.29, 1.82) is 0 Å². The molecule has 0 radical (unpaired) electrons. The van der Waals surface area contributed by atoms with E-state index in [0.29, 0.717) is 44.2 Å². The lowest BCUT2D eigenvalue weighted by Gasteiger charge is -2.26. The summed E-state index contributed by atoms with van der Waals surface area (Å²) in [4.78, 5) is 7.73. The van der Waals surface area contributed by atoms with Gasteiger partial charge in [0.1, 0.15) is 5.65 Å². The van der Waals surface area contributed by atoms with E-state index < -0.39 is 10.0 Å². The minimum Gasteiger partial charge on any atom is -0.490 e. The van der Waals surface area contributed by atoms with Gasteiger partial charge in [-0.1, -0.05) is 6.08 Å². The van der Waals surface area contributed by atoms with Gasteiger partial charge in [0.25, 0.3) is 0 Å². The summed E-state index contributed by atoms with van der Waals surface area (Å²) in [7, 11) is -3.61. The molecule has 0 fully saturated rings. The van der Waals surface area contributed by atoms with Crippen molar-refractivity contribution < 1.29 is 17.9 Å². The molecule has 0 aliphatic carbocycles. The van der Waals surface area contributed by atoms with Crippen LogP contribution >= 0.6 is 0 Å². The summed E-state index contributed by atoms with van der Waals surface area (Å²) in [5, 5.41) is 1.05. The van der Waals surface area contributed by atoms with Gasteiger partial charge in [-0.2, -0.15) is 4.31 Å². The Balaban J connectivity index is 1.40. The quantitative estimate of drug-likeness (QED) is 0.715. The van der Waals surface area contributed by atoms with Gasteiger partial charge in [0.2, 0.25) is 10.0 Å². The Kier molecular flexibility index (Phi) is 4.52. The SMILES string of the molecule is O=S(=O)(c1ccc2c(c1)OCCCO2)N1CC=C(c2c[nH]c3ncccc23)CC1. The second-order valence-corrected chi connectivity index (χ2v) is 9.04. The zero-order chi connectivity index (χ0) is 19.8. The molecule has 2 aliphatic heterocycles. The normalized spacial score (nSPS) is 17.7. The molecule has 29 heavy (non-hydrogen) atoms. The molecule has 8 heteroatoms. The van der Waals surface area contributed by atoms with Crippen LogP contribution in [0.4, 0.5) is 0 Å². The zero-order valence-electron chi connectivity index (χ0n) is 15.8. The van der Waals surface area contributed by atoms with Gasteiger partial charge in [-0.15, -0.1) is 0 Å². The van der Waals surface area contributed by atoms with E-state index in [9.17, 15) is 8.42 Å². The van der Waals surface area contributed by atoms with E-state index in [-0.39, 0.29) is 4.90 Å². The maximum atomic E-state index is 13.1. The lowest BCUT2D eigenvalue weighted by molar-refractivity contribution is 0.297. The summed E-state index contributed by atoms with van der Waals surface area (Å²) >= 11 is 0. The van der Waals surface area contributed by atoms with Gasteiger partial charge in [0.05, 0.1) is 18.1 Å². The third-order valence-electron chi connectivity index (χ3n) is 5.33. The van der Waals surface area contributed by atoms with Crippen LogP contribution in [0.1, 0.15) is 18.4 Å². The van der Waals surface area contributed by atoms with Crippen LogP contribution in [0, 0.1) is 0 Å². The first-order chi connectivity index (χ1) is 14.1. The predicted octanol–water partition coefficient (Wildman–Crippen LogP) is 3.20. The Morgan fingerprint density at radius 1 is 1.10 bits per heavy atom. The molecule has 1 aromatic carbocycles. The lowest BCUT2D eigenvalue weighted by Crippen LogP contribution is -2.34. The van der Waals surface area contributed by atoms with E-state index in [0.717, 1.165) is 28.6 Å². The minimum absolute atomic E-state index is 0.231. The van der Waals surface area contributed by atoms with E-state index in [1.807, 2.05) is 24.4 Å². The highest BCUT2D eigenvalue weighted by Gasteiger charge is 2.28. The van der Waals surface area contributed by atoms with E-state index >= 15 is 0 Å². The summed E-state index contributed by atoms with van der Waals surface area (Å²) in [5.41, 5.74) is 3.06. The third-order valence-corrected chi connectivity index (χ3v) is 7.19. The highest BCUT2D eigenvalue weighted by Crippen LogP contribution is 2.34. The Morgan fingerprint density at radius 3 is 2.79 bits per heavy atom. The fourth-order valence-electron chi connectivity index (χ4n) is 3.79. The molecule has 0 bridgehead atoms. The first-order valence-electron chi connectivity index (χ1n) is 9.64. The van der Waals surface area contributed by atoms with Gasteiger partial charge >= 0.3 is 0 Å². The number of sulfonamides is 1. The maximum absolute atomic E-state index is 13.1. The smallest absolute Gasteiger partial charge is 0.243 e. The molecule has 150 valence electrons. The summed E-state index contributed by atoms with van der Waals surface area (Å²) in [6.07, 6.45) is 7.10. The number of pyridine rings is 1. The first kappa shape index (κ1) is 18.2. The molecular weight excluding hydrogens is 390 g/mol. The maximum Gasteiger partial charge on any atom is 0.243 e. The van der Waals surface area contributed by atoms with Crippen LogP contribution in [-0.2, 0) is 10.0 Å². The van der Waals surface area contributed by atoms with Crippen molar-refractivity contribution in [2.75, 3.05) is 26.3 Å². The molecule has 0 atom stereocenters. The monoisotopic (exact) mass is 411 g/mol. The van der Waals surface area contributed by atoms with Gasteiger partial charge in [0.15, 0.2) is 11.5 Å². The van der Waals surface area contributed by atoms with Crippen molar-refractivity contribution in [1.82, 2.24) is 14.3 Å². The number of fused-ring (bicyclic) bond motifs is 2. The Hall–Kier alpha value is -2.84. The molecule has 1 N–H and O–H groups in total. The number of ether oxygens (including phenoxy) is 2.